The molecule has 3 aliphatic rings. The number of hydrogen-bond donors (Lipinski definition) is 0. The summed E-state index contributed by atoms with van der Waals surface area (Å²) in [6, 6.07) is 61.3. The van der Waals surface area contributed by atoms with Crippen LogP contribution in [0.4, 0.5) is 5.69 Å². The highest BCUT2D eigenvalue weighted by Gasteiger charge is 2.26. The van der Waals surface area contributed by atoms with Crippen LogP contribution in [0.5, 0.6) is 0 Å². The molecule has 0 spiro atoms. The molecule has 0 N–H and O–H groups in total. The van der Waals surface area contributed by atoms with Gasteiger partial charge < -0.3 is 4.57 Å². The molecule has 0 fully saturated rings. The summed E-state index contributed by atoms with van der Waals surface area (Å²) in [6.45, 7) is 0. The topological polar surface area (TPSA) is 56.0 Å². The second kappa shape index (κ2) is 14.3. The third-order valence-corrected chi connectivity index (χ3v) is 13.2. The molecule has 0 bridgehead atoms. The molecule has 3 heterocycles. The highest BCUT2D eigenvalue weighted by Crippen LogP contribution is 2.45. The van der Waals surface area contributed by atoms with Crippen molar-refractivity contribution in [2.24, 2.45) is 4.99 Å². The van der Waals surface area contributed by atoms with Gasteiger partial charge in [0.25, 0.3) is 0 Å². The Labute approximate surface area is 365 Å². The SMILES string of the molecule is C1=CCCC(c2nc(-c3cccc(-c4cccc(-n5c6ccc7ccccc7c6c6ccc7c(c65)CC(c5ccccc5)=N7)c4)c3)nc(-c3cccc4c3Cc3ccccc3-4)n2)=C1. The van der Waals surface area contributed by atoms with Gasteiger partial charge in [-0.3, -0.25) is 4.99 Å². The second-order valence-electron chi connectivity index (χ2n) is 16.8. The molecule has 2 aliphatic carbocycles. The summed E-state index contributed by atoms with van der Waals surface area (Å²) in [4.78, 5) is 20.9. The molecule has 0 saturated carbocycles. The predicted octanol–water partition coefficient (Wildman–Crippen LogP) is 14.1. The average molecular weight is 806 g/mol. The van der Waals surface area contributed by atoms with E-state index >= 15 is 0 Å². The normalized spacial score (nSPS) is 13.9. The standard InChI is InChI=1S/C58H39N5/c1-3-15-37(16-4-1)52-35-50-51(59-52)30-29-48-54-45-25-10-7-14-36(45)28-31-53(54)63(55(48)50)43-23-12-21-40(33-43)39-20-11-22-42(32-39)57-60-56(38-17-5-2-6-18-38)61-58(62-57)47-27-13-26-46-44-24-9-8-19-41(44)34-49(46)47/h1-5,7-17,19-33H,6,18,34-35H2. The van der Waals surface area contributed by atoms with Gasteiger partial charge in [0.1, 0.15) is 0 Å². The van der Waals surface area contributed by atoms with E-state index in [1.54, 1.807) is 0 Å². The third kappa shape index (κ3) is 5.84. The van der Waals surface area contributed by atoms with Crippen LogP contribution in [-0.2, 0) is 12.8 Å². The van der Waals surface area contributed by atoms with Crippen LogP contribution in [0.25, 0.3) is 88.9 Å². The Kier molecular flexibility index (Phi) is 8.10. The third-order valence-electron chi connectivity index (χ3n) is 13.2. The number of aromatic nitrogens is 4. The summed E-state index contributed by atoms with van der Waals surface area (Å²) < 4.78 is 2.47. The minimum atomic E-state index is 0.677. The summed E-state index contributed by atoms with van der Waals surface area (Å²) >= 11 is 0. The molecule has 5 heteroatoms. The minimum absolute atomic E-state index is 0.677. The van der Waals surface area contributed by atoms with Crippen LogP contribution in [0, 0.1) is 0 Å². The summed E-state index contributed by atoms with van der Waals surface area (Å²) in [5.41, 5.74) is 18.6. The van der Waals surface area contributed by atoms with Crippen LogP contribution in [0.2, 0.25) is 0 Å². The zero-order valence-electron chi connectivity index (χ0n) is 34.5. The molecule has 10 aromatic rings. The lowest BCUT2D eigenvalue weighted by Crippen LogP contribution is -2.05. The van der Waals surface area contributed by atoms with Crippen molar-refractivity contribution in [3.8, 4) is 50.7 Å². The van der Waals surface area contributed by atoms with E-state index in [1.165, 1.54) is 66.0 Å². The number of nitrogens with zero attached hydrogens (tertiary/aromatic N) is 5. The van der Waals surface area contributed by atoms with Crippen LogP contribution < -0.4 is 0 Å². The van der Waals surface area contributed by atoms with Gasteiger partial charge in [-0.1, -0.05) is 158 Å². The van der Waals surface area contributed by atoms with Gasteiger partial charge in [-0.25, -0.2) is 15.0 Å². The van der Waals surface area contributed by atoms with Crippen LogP contribution >= 0.6 is 0 Å². The zero-order chi connectivity index (χ0) is 41.4. The highest BCUT2D eigenvalue weighted by molar-refractivity contribution is 6.23. The zero-order valence-corrected chi connectivity index (χ0v) is 34.5. The van der Waals surface area contributed by atoms with Crippen LogP contribution in [-0.4, -0.2) is 25.2 Å². The van der Waals surface area contributed by atoms with E-state index in [9.17, 15) is 0 Å². The molecule has 5 nitrogen and oxygen atoms in total. The largest absolute Gasteiger partial charge is 0.309 e. The Hall–Kier alpha value is -8.02. The molecule has 0 saturated heterocycles. The van der Waals surface area contributed by atoms with Gasteiger partial charge >= 0.3 is 0 Å². The van der Waals surface area contributed by atoms with Crippen molar-refractivity contribution >= 4 is 49.6 Å². The molecule has 0 amide bonds. The van der Waals surface area contributed by atoms with Crippen molar-refractivity contribution in [3.63, 3.8) is 0 Å². The lowest BCUT2D eigenvalue weighted by molar-refractivity contribution is 0.976. The first kappa shape index (κ1) is 35.7. The maximum Gasteiger partial charge on any atom is 0.164 e. The lowest BCUT2D eigenvalue weighted by atomic mass is 9.99. The van der Waals surface area contributed by atoms with E-state index in [0.717, 1.165) is 76.4 Å². The number of benzene rings is 8. The molecule has 296 valence electrons. The fourth-order valence-electron chi connectivity index (χ4n) is 10.2. The number of aliphatic imine (C=N–C) groups is 1. The van der Waals surface area contributed by atoms with E-state index < -0.39 is 0 Å². The van der Waals surface area contributed by atoms with E-state index in [2.05, 4.69) is 193 Å². The maximum absolute atomic E-state index is 5.27. The van der Waals surface area contributed by atoms with E-state index in [4.69, 9.17) is 19.9 Å². The molecular weight excluding hydrogens is 767 g/mol. The van der Waals surface area contributed by atoms with Crippen molar-refractivity contribution < 1.29 is 0 Å². The van der Waals surface area contributed by atoms with E-state index in [-0.39, 0.29) is 0 Å². The van der Waals surface area contributed by atoms with Gasteiger partial charge in [-0.15, -0.1) is 0 Å². The highest BCUT2D eigenvalue weighted by atomic mass is 15.0. The second-order valence-corrected chi connectivity index (χ2v) is 16.8. The van der Waals surface area contributed by atoms with Gasteiger partial charge in [-0.2, -0.15) is 0 Å². The van der Waals surface area contributed by atoms with E-state index in [1.807, 2.05) is 0 Å². The Balaban J connectivity index is 0.949. The first-order valence-electron chi connectivity index (χ1n) is 21.9. The maximum atomic E-state index is 5.27. The molecule has 63 heavy (non-hydrogen) atoms. The molecule has 1 aliphatic heterocycles. The quantitative estimate of drug-likeness (QED) is 0.168. The number of hydrogen-bond acceptors (Lipinski definition) is 4. The smallest absolute Gasteiger partial charge is 0.164 e. The molecular formula is C58H39N5. The van der Waals surface area contributed by atoms with Crippen molar-refractivity contribution in [1.82, 2.24) is 19.5 Å². The van der Waals surface area contributed by atoms with Crippen LogP contribution in [0.1, 0.15) is 40.9 Å². The molecule has 0 atom stereocenters. The Morgan fingerprint density at radius 2 is 1.24 bits per heavy atom. The number of allylic oxidation sites excluding steroid dienone is 4. The van der Waals surface area contributed by atoms with E-state index in [0.29, 0.717) is 11.6 Å². The van der Waals surface area contributed by atoms with Gasteiger partial charge in [0, 0.05) is 39.6 Å². The minimum Gasteiger partial charge on any atom is -0.309 e. The summed E-state index contributed by atoms with van der Waals surface area (Å²) in [6.07, 6.45) is 9.98. The van der Waals surface area contributed by atoms with Gasteiger partial charge in [0.2, 0.25) is 0 Å². The van der Waals surface area contributed by atoms with Crippen molar-refractivity contribution in [2.45, 2.75) is 25.7 Å². The number of fused-ring (bicyclic) bond motifs is 10. The summed E-state index contributed by atoms with van der Waals surface area (Å²) in [7, 11) is 0. The van der Waals surface area contributed by atoms with Gasteiger partial charge in [0.05, 0.1) is 22.4 Å². The first-order chi connectivity index (χ1) is 31.2. The fourth-order valence-corrected chi connectivity index (χ4v) is 10.2. The average Bonchev–Trinajstić information content (AvgIpc) is 4.07. The Bertz CT molecular complexity index is 3630. The monoisotopic (exact) mass is 805 g/mol. The first-order valence-corrected chi connectivity index (χ1v) is 21.9. The van der Waals surface area contributed by atoms with Gasteiger partial charge in [0.15, 0.2) is 17.5 Å². The molecule has 2 aromatic heterocycles. The fraction of sp³-hybridized carbons (Fsp3) is 0.0690. The molecule has 0 radical (unpaired) electrons. The Morgan fingerprint density at radius 3 is 2.16 bits per heavy atom. The predicted molar refractivity (Wildman–Crippen MR) is 259 cm³/mol. The molecule has 8 aromatic carbocycles. The summed E-state index contributed by atoms with van der Waals surface area (Å²) in [5.74, 6) is 2.13. The lowest BCUT2D eigenvalue weighted by Gasteiger charge is -2.14. The van der Waals surface area contributed by atoms with Crippen LogP contribution in [0.15, 0.2) is 193 Å². The van der Waals surface area contributed by atoms with Gasteiger partial charge in [-0.05, 0) is 105 Å². The molecule has 0 unspecified atom stereocenters. The molecule has 13 rings (SSSR count). The van der Waals surface area contributed by atoms with Crippen molar-refractivity contribution in [3.05, 3.63) is 216 Å². The van der Waals surface area contributed by atoms with Crippen LogP contribution in [0.3, 0.4) is 0 Å². The Morgan fingerprint density at radius 1 is 0.492 bits per heavy atom. The number of rotatable bonds is 6. The van der Waals surface area contributed by atoms with Crippen molar-refractivity contribution in [2.75, 3.05) is 0 Å². The summed E-state index contributed by atoms with van der Waals surface area (Å²) in [5, 5.41) is 5.00. The van der Waals surface area contributed by atoms with Crippen molar-refractivity contribution in [1.29, 1.82) is 0 Å².